The van der Waals surface area contributed by atoms with Crippen LogP contribution in [-0.4, -0.2) is 49.7 Å². The third kappa shape index (κ3) is 7.24. The summed E-state index contributed by atoms with van der Waals surface area (Å²) in [5.41, 5.74) is -1.18. The van der Waals surface area contributed by atoms with Gasteiger partial charge in [0.25, 0.3) is 17.9 Å². The summed E-state index contributed by atoms with van der Waals surface area (Å²) in [6.45, 7) is -0.982. The summed E-state index contributed by atoms with van der Waals surface area (Å²) in [5, 5.41) is 11.3. The number of fused-ring (bicyclic) bond motifs is 5. The van der Waals surface area contributed by atoms with Crippen LogP contribution in [0.25, 0.3) is 38.6 Å². The van der Waals surface area contributed by atoms with Crippen molar-refractivity contribution in [3.8, 4) is 16.8 Å². The first-order chi connectivity index (χ1) is 29.3. The number of aromatic nitrogens is 6. The normalized spacial score (nSPS) is 17.1. The highest BCUT2D eigenvalue weighted by atomic mass is 35.5. The molecule has 0 radical (unpaired) electrons. The van der Waals surface area contributed by atoms with Crippen LogP contribution in [0.2, 0.25) is 10.0 Å². The van der Waals surface area contributed by atoms with Gasteiger partial charge in [-0.05, 0) is 77.6 Å². The van der Waals surface area contributed by atoms with Crippen molar-refractivity contribution in [3.63, 3.8) is 0 Å². The Morgan fingerprint density at radius 1 is 0.968 bits per heavy atom. The Morgan fingerprint density at radius 2 is 1.66 bits per heavy atom. The number of halogens is 8. The first-order valence-corrected chi connectivity index (χ1v) is 21.4. The minimum atomic E-state index is -3.91. The molecule has 62 heavy (non-hydrogen) atoms. The van der Waals surface area contributed by atoms with Gasteiger partial charge in [0.1, 0.15) is 35.4 Å². The highest BCUT2D eigenvalue weighted by Crippen LogP contribution is 2.68. The van der Waals surface area contributed by atoms with Crippen molar-refractivity contribution in [1.82, 2.24) is 34.4 Å². The number of sulfonamides is 1. The van der Waals surface area contributed by atoms with Crippen LogP contribution >= 0.6 is 23.2 Å². The number of hydrogen-bond acceptors (Lipinski definition) is 7. The monoisotopic (exact) mass is 914 g/mol. The van der Waals surface area contributed by atoms with E-state index in [1.165, 1.54) is 29.9 Å². The second kappa shape index (κ2) is 14.9. The van der Waals surface area contributed by atoms with Crippen LogP contribution in [0.4, 0.5) is 32.2 Å². The fourth-order valence-electron chi connectivity index (χ4n) is 8.40. The smallest absolute Gasteiger partial charge is 0.293 e. The minimum absolute atomic E-state index is 0.00475. The number of carbonyl (C=O) groups excluding carboxylic acids is 1. The minimum Gasteiger partial charge on any atom is -0.344 e. The van der Waals surface area contributed by atoms with Crippen molar-refractivity contribution in [1.29, 1.82) is 0 Å². The van der Waals surface area contributed by atoms with E-state index in [0.717, 1.165) is 23.0 Å². The van der Waals surface area contributed by atoms with Crippen molar-refractivity contribution in [2.45, 2.75) is 43.7 Å². The number of aryl methyl sites for hydroxylation is 1. The average molecular weight is 916 g/mol. The van der Waals surface area contributed by atoms with Gasteiger partial charge >= 0.3 is 0 Å². The molecule has 4 aromatic carbocycles. The molecule has 2 aliphatic carbocycles. The SMILES string of the molecule is Cn1nc(NS(C)(=O)=O)c2c(Cl)ccc(-n3c([C@H](Cc4cc(F)cc(F)c4)NC(=O)Cn4nc(C(F)F)c5c4C(F)(F)[C@@H]4C[C@H]54)nc4cc(-c5ccc(Cl)cc5)ccc4c3=O)c21. The largest absolute Gasteiger partial charge is 0.344 e. The topological polar surface area (TPSA) is 146 Å². The molecule has 320 valence electrons. The molecule has 1 fully saturated rings. The van der Waals surface area contributed by atoms with Crippen molar-refractivity contribution in [2.24, 2.45) is 13.0 Å². The van der Waals surface area contributed by atoms with Gasteiger partial charge in [0.05, 0.1) is 44.8 Å². The van der Waals surface area contributed by atoms with Gasteiger partial charge in [-0.15, -0.1) is 0 Å². The van der Waals surface area contributed by atoms with Gasteiger partial charge < -0.3 is 5.32 Å². The summed E-state index contributed by atoms with van der Waals surface area (Å²) in [6, 6.07) is 15.4. The number of nitrogens with one attached hydrogen (secondary N) is 2. The molecule has 1 saturated carbocycles. The number of nitrogens with zero attached hydrogens (tertiary/aromatic N) is 6. The molecule has 2 aliphatic rings. The standard InChI is InChI=1S/C41H30Cl2F6N8O4S/c1-55-35-30(10-9-27(43)33(35)38(53-55)54-62(2,60)61)57-39(51-28-14-20(5-8-24(28)40(57)59)19-3-6-21(42)7-4-19)29(13-18-11-22(44)15-23(45)12-18)50-31(58)17-56-36-32(34(52-56)37(46)47)25-16-26(25)41(36,48)49/h3-12,14-15,25-26,29,37H,13,16-17H2,1-2H3,(H,50,58)(H,53,54)/t25-,26+,29-/m0/s1. The van der Waals surface area contributed by atoms with Crippen LogP contribution in [0.1, 0.15) is 53.1 Å². The van der Waals surface area contributed by atoms with Gasteiger partial charge in [0, 0.05) is 36.0 Å². The first kappa shape index (κ1) is 41.4. The van der Waals surface area contributed by atoms with Crippen LogP contribution in [0, 0.1) is 17.6 Å². The number of amides is 1. The van der Waals surface area contributed by atoms with E-state index in [1.54, 1.807) is 36.4 Å². The average Bonchev–Trinajstić information content (AvgIpc) is 3.73. The highest BCUT2D eigenvalue weighted by Gasteiger charge is 2.67. The zero-order chi connectivity index (χ0) is 44.2. The molecule has 3 aromatic heterocycles. The molecule has 0 spiro atoms. The quantitative estimate of drug-likeness (QED) is 0.124. The Labute approximate surface area is 357 Å². The Morgan fingerprint density at radius 3 is 2.34 bits per heavy atom. The molecule has 1 amide bonds. The highest BCUT2D eigenvalue weighted by molar-refractivity contribution is 7.92. The molecule has 0 saturated heterocycles. The van der Waals surface area contributed by atoms with Crippen molar-refractivity contribution < 1.29 is 39.6 Å². The maximum Gasteiger partial charge on any atom is 0.293 e. The predicted octanol–water partition coefficient (Wildman–Crippen LogP) is 8.34. The predicted molar refractivity (Wildman–Crippen MR) is 218 cm³/mol. The van der Waals surface area contributed by atoms with E-state index < -0.39 is 87.7 Å². The Bertz CT molecular complexity index is 3170. The van der Waals surface area contributed by atoms with Gasteiger partial charge in [0.2, 0.25) is 15.9 Å². The Balaban J connectivity index is 1.26. The zero-order valence-electron chi connectivity index (χ0n) is 32.1. The first-order valence-electron chi connectivity index (χ1n) is 18.8. The van der Waals surface area contributed by atoms with Crippen LogP contribution in [0.3, 0.4) is 0 Å². The third-order valence-electron chi connectivity index (χ3n) is 11.0. The van der Waals surface area contributed by atoms with E-state index in [9.17, 15) is 35.6 Å². The Kier molecular flexibility index (Phi) is 9.94. The number of hydrogen-bond donors (Lipinski definition) is 2. The molecule has 2 N–H and O–H groups in total. The molecule has 12 nitrogen and oxygen atoms in total. The summed E-state index contributed by atoms with van der Waals surface area (Å²) in [7, 11) is -2.45. The third-order valence-corrected chi connectivity index (χ3v) is 12.1. The lowest BCUT2D eigenvalue weighted by atomic mass is 10.0. The number of alkyl halides is 4. The molecule has 7 aromatic rings. The fraction of sp³-hybridized carbons (Fsp3) is 0.244. The summed E-state index contributed by atoms with van der Waals surface area (Å²) in [5.74, 6) is -9.02. The fourth-order valence-corrected chi connectivity index (χ4v) is 9.26. The molecular weight excluding hydrogens is 885 g/mol. The van der Waals surface area contributed by atoms with E-state index in [4.69, 9.17) is 28.2 Å². The molecule has 0 bridgehead atoms. The number of rotatable bonds is 11. The summed E-state index contributed by atoms with van der Waals surface area (Å²) in [4.78, 5) is 34.0. The van der Waals surface area contributed by atoms with E-state index in [1.807, 2.05) is 0 Å². The van der Waals surface area contributed by atoms with E-state index >= 15 is 8.78 Å². The van der Waals surface area contributed by atoms with Gasteiger partial charge in [-0.1, -0.05) is 41.4 Å². The van der Waals surface area contributed by atoms with Crippen LogP contribution in [0.15, 0.2) is 77.6 Å². The molecule has 0 aliphatic heterocycles. The van der Waals surface area contributed by atoms with Gasteiger partial charge in [-0.3, -0.25) is 28.2 Å². The van der Waals surface area contributed by atoms with Gasteiger partial charge in [-0.25, -0.2) is 31.0 Å². The van der Waals surface area contributed by atoms with Crippen LogP contribution in [-0.2, 0) is 40.8 Å². The lowest BCUT2D eigenvalue weighted by molar-refractivity contribution is -0.123. The van der Waals surface area contributed by atoms with Crippen LogP contribution in [0.5, 0.6) is 0 Å². The van der Waals surface area contributed by atoms with Crippen molar-refractivity contribution in [3.05, 3.63) is 133 Å². The van der Waals surface area contributed by atoms with Crippen molar-refractivity contribution >= 4 is 66.8 Å². The van der Waals surface area contributed by atoms with Gasteiger partial charge in [0.15, 0.2) is 5.82 Å². The summed E-state index contributed by atoms with van der Waals surface area (Å²) in [6.07, 6.45) is -2.77. The molecular formula is C41H30Cl2F6N8O4S. The molecule has 21 heteroatoms. The summed E-state index contributed by atoms with van der Waals surface area (Å²) >= 11 is 12.7. The van der Waals surface area contributed by atoms with Crippen molar-refractivity contribution in [2.75, 3.05) is 11.0 Å². The zero-order valence-corrected chi connectivity index (χ0v) is 34.4. The number of carbonyl (C=O) groups is 1. The van der Waals surface area contributed by atoms with E-state index in [0.29, 0.717) is 26.9 Å². The number of anilines is 1. The molecule has 3 atom stereocenters. The number of benzene rings is 4. The molecule has 0 unspecified atom stereocenters. The second-order valence-electron chi connectivity index (χ2n) is 15.3. The Hall–Kier alpha value is -5.92. The maximum absolute atomic E-state index is 15.5. The van der Waals surface area contributed by atoms with E-state index in [2.05, 4.69) is 20.2 Å². The van der Waals surface area contributed by atoms with E-state index in [-0.39, 0.29) is 61.7 Å². The lowest BCUT2D eigenvalue weighted by Crippen LogP contribution is -2.38. The lowest BCUT2D eigenvalue weighted by Gasteiger charge is -2.24. The molecule has 9 rings (SSSR count). The van der Waals surface area contributed by atoms with Crippen LogP contribution < -0.4 is 15.6 Å². The molecule has 3 heterocycles. The maximum atomic E-state index is 15.5. The summed E-state index contributed by atoms with van der Waals surface area (Å²) < 4.78 is 119. The second-order valence-corrected chi connectivity index (χ2v) is 17.9. The van der Waals surface area contributed by atoms with Gasteiger partial charge in [-0.2, -0.15) is 19.0 Å².